The van der Waals surface area contributed by atoms with E-state index in [9.17, 15) is 0 Å². The number of nitrogens with one attached hydrogen (secondary N) is 2. The maximum atomic E-state index is 5.21. The van der Waals surface area contributed by atoms with Gasteiger partial charge < -0.3 is 15.4 Å². The lowest BCUT2D eigenvalue weighted by atomic mass is 10.1. The summed E-state index contributed by atoms with van der Waals surface area (Å²) in [5.74, 6) is 0.831. The fourth-order valence-electron chi connectivity index (χ4n) is 3.06. The van der Waals surface area contributed by atoms with Gasteiger partial charge in [0.05, 0.1) is 18.8 Å². The van der Waals surface area contributed by atoms with E-state index in [0.717, 1.165) is 36.7 Å². The van der Waals surface area contributed by atoms with Gasteiger partial charge in [0.2, 0.25) is 0 Å². The molecular formula is C23H30IN5O. The van der Waals surface area contributed by atoms with Crippen molar-refractivity contribution in [2.24, 2.45) is 4.99 Å². The predicted molar refractivity (Wildman–Crippen MR) is 133 cm³/mol. The van der Waals surface area contributed by atoms with Gasteiger partial charge in [-0.3, -0.25) is 0 Å². The van der Waals surface area contributed by atoms with E-state index in [1.54, 1.807) is 13.3 Å². The molecule has 3 rings (SSSR count). The Morgan fingerprint density at radius 2 is 1.83 bits per heavy atom. The van der Waals surface area contributed by atoms with Crippen molar-refractivity contribution < 1.29 is 4.74 Å². The van der Waals surface area contributed by atoms with Crippen LogP contribution in [0.15, 0.2) is 72.0 Å². The Hall–Kier alpha value is -2.39. The third-order valence-corrected chi connectivity index (χ3v) is 4.48. The lowest BCUT2D eigenvalue weighted by Crippen LogP contribution is -2.38. The number of methoxy groups -OCH3 is 1. The van der Waals surface area contributed by atoms with E-state index in [1.807, 2.05) is 23.0 Å². The van der Waals surface area contributed by atoms with Gasteiger partial charge in [-0.05, 0) is 48.2 Å². The van der Waals surface area contributed by atoms with Crippen molar-refractivity contribution >= 4 is 29.9 Å². The maximum absolute atomic E-state index is 5.21. The minimum absolute atomic E-state index is 0. The molecule has 7 heteroatoms. The zero-order valence-electron chi connectivity index (χ0n) is 17.5. The highest BCUT2D eigenvalue weighted by Gasteiger charge is 2.01. The van der Waals surface area contributed by atoms with Crippen LogP contribution in [-0.4, -0.2) is 35.9 Å². The number of rotatable bonds is 9. The Balaban J connectivity index is 0.00000320. The number of nitrogens with zero attached hydrogens (tertiary/aromatic N) is 3. The van der Waals surface area contributed by atoms with Gasteiger partial charge in [-0.2, -0.15) is 5.10 Å². The number of aromatic nitrogens is 2. The summed E-state index contributed by atoms with van der Waals surface area (Å²) in [6.45, 7) is 4.97. The fourth-order valence-corrected chi connectivity index (χ4v) is 3.06. The average Bonchev–Trinajstić information content (AvgIpc) is 3.28. The highest BCUT2D eigenvalue weighted by molar-refractivity contribution is 14.0. The molecule has 3 aromatic rings. The van der Waals surface area contributed by atoms with Crippen molar-refractivity contribution in [3.63, 3.8) is 0 Å². The summed E-state index contributed by atoms with van der Waals surface area (Å²) < 4.78 is 7.07. The molecule has 0 amide bonds. The molecular weight excluding hydrogens is 489 g/mol. The summed E-state index contributed by atoms with van der Waals surface area (Å²) in [4.78, 5) is 4.71. The highest BCUT2D eigenvalue weighted by Crippen LogP contribution is 2.09. The summed E-state index contributed by atoms with van der Waals surface area (Å²) in [5.41, 5.74) is 4.68. The van der Waals surface area contributed by atoms with E-state index in [2.05, 4.69) is 65.1 Å². The zero-order valence-corrected chi connectivity index (χ0v) is 19.9. The lowest BCUT2D eigenvalue weighted by Gasteiger charge is -2.12. The number of benzene rings is 2. The Morgan fingerprint density at radius 3 is 2.53 bits per heavy atom. The Morgan fingerprint density at radius 1 is 1.03 bits per heavy atom. The Kier molecular flexibility index (Phi) is 10.4. The maximum Gasteiger partial charge on any atom is 0.191 e. The molecule has 0 bridgehead atoms. The highest BCUT2D eigenvalue weighted by atomic mass is 127. The fraction of sp³-hybridized carbons (Fsp3) is 0.304. The molecule has 160 valence electrons. The zero-order chi connectivity index (χ0) is 20.3. The topological polar surface area (TPSA) is 63.5 Å². The minimum atomic E-state index is 0. The Bertz CT molecular complexity index is 894. The average molecular weight is 519 g/mol. The number of hydrogen-bond acceptors (Lipinski definition) is 3. The molecule has 0 atom stereocenters. The number of guanidine groups is 1. The molecule has 0 saturated carbocycles. The van der Waals surface area contributed by atoms with Crippen LogP contribution < -0.4 is 10.6 Å². The molecule has 0 radical (unpaired) electrons. The van der Waals surface area contributed by atoms with Crippen LogP contribution in [0.5, 0.6) is 0 Å². The predicted octanol–water partition coefficient (Wildman–Crippen LogP) is 3.93. The molecule has 6 nitrogen and oxygen atoms in total. The van der Waals surface area contributed by atoms with Gasteiger partial charge in [-0.15, -0.1) is 24.0 Å². The SMILES string of the molecule is CCNC(=NCc1cccc(COC)c1)NCCc1ccc(-n2cccn2)cc1.I. The molecule has 1 heterocycles. The van der Waals surface area contributed by atoms with Gasteiger partial charge in [-0.1, -0.05) is 36.4 Å². The number of ether oxygens (including phenoxy) is 1. The molecule has 2 aromatic carbocycles. The van der Waals surface area contributed by atoms with Crippen LogP contribution in [0, 0.1) is 0 Å². The molecule has 0 aliphatic rings. The van der Waals surface area contributed by atoms with Crippen LogP contribution in [0.3, 0.4) is 0 Å². The van der Waals surface area contributed by atoms with E-state index in [1.165, 1.54) is 11.1 Å². The molecule has 1 aromatic heterocycles. The molecule has 30 heavy (non-hydrogen) atoms. The molecule has 2 N–H and O–H groups in total. The third-order valence-electron chi connectivity index (χ3n) is 4.48. The first kappa shape index (κ1) is 23.9. The summed E-state index contributed by atoms with van der Waals surface area (Å²) in [7, 11) is 1.71. The van der Waals surface area contributed by atoms with Crippen molar-refractivity contribution in [2.75, 3.05) is 20.2 Å². The third kappa shape index (κ3) is 7.46. The molecule has 0 spiro atoms. The van der Waals surface area contributed by atoms with E-state index >= 15 is 0 Å². The van der Waals surface area contributed by atoms with Crippen LogP contribution in [0.1, 0.15) is 23.6 Å². The molecule has 0 aliphatic heterocycles. The normalized spacial score (nSPS) is 11.1. The molecule has 0 unspecified atom stereocenters. The van der Waals surface area contributed by atoms with Gasteiger partial charge in [0, 0.05) is 32.6 Å². The van der Waals surface area contributed by atoms with Crippen LogP contribution in [0.4, 0.5) is 0 Å². The summed E-state index contributed by atoms with van der Waals surface area (Å²) in [6, 6.07) is 18.7. The quantitative estimate of drug-likeness (QED) is 0.256. The van der Waals surface area contributed by atoms with Crippen LogP contribution >= 0.6 is 24.0 Å². The first-order chi connectivity index (χ1) is 14.3. The summed E-state index contributed by atoms with van der Waals surface area (Å²) in [6.07, 6.45) is 4.65. The van der Waals surface area contributed by atoms with E-state index < -0.39 is 0 Å². The van der Waals surface area contributed by atoms with Gasteiger partial charge in [0.25, 0.3) is 0 Å². The summed E-state index contributed by atoms with van der Waals surface area (Å²) >= 11 is 0. The second-order valence-electron chi connectivity index (χ2n) is 6.74. The summed E-state index contributed by atoms with van der Waals surface area (Å²) in [5, 5.41) is 11.0. The van der Waals surface area contributed by atoms with E-state index in [0.29, 0.717) is 13.2 Å². The van der Waals surface area contributed by atoms with Gasteiger partial charge in [-0.25, -0.2) is 9.67 Å². The minimum Gasteiger partial charge on any atom is -0.380 e. The first-order valence-electron chi connectivity index (χ1n) is 9.96. The second kappa shape index (κ2) is 13.0. The van der Waals surface area contributed by atoms with Gasteiger partial charge in [0.1, 0.15) is 0 Å². The van der Waals surface area contributed by atoms with Gasteiger partial charge in [0.15, 0.2) is 5.96 Å². The molecule has 0 aliphatic carbocycles. The monoisotopic (exact) mass is 519 g/mol. The van der Waals surface area contributed by atoms with Crippen molar-refractivity contribution in [1.82, 2.24) is 20.4 Å². The Labute approximate surface area is 195 Å². The van der Waals surface area contributed by atoms with Crippen LogP contribution in [0.2, 0.25) is 0 Å². The number of aliphatic imine (C=N–C) groups is 1. The molecule has 0 fully saturated rings. The van der Waals surface area contributed by atoms with Crippen molar-refractivity contribution in [3.05, 3.63) is 83.7 Å². The molecule has 0 saturated heterocycles. The van der Waals surface area contributed by atoms with E-state index in [-0.39, 0.29) is 24.0 Å². The van der Waals surface area contributed by atoms with Crippen LogP contribution in [-0.2, 0) is 24.3 Å². The van der Waals surface area contributed by atoms with Gasteiger partial charge >= 0.3 is 0 Å². The van der Waals surface area contributed by atoms with Crippen molar-refractivity contribution in [1.29, 1.82) is 0 Å². The van der Waals surface area contributed by atoms with E-state index in [4.69, 9.17) is 9.73 Å². The van der Waals surface area contributed by atoms with Crippen molar-refractivity contribution in [3.8, 4) is 5.69 Å². The van der Waals surface area contributed by atoms with Crippen LogP contribution in [0.25, 0.3) is 5.69 Å². The van der Waals surface area contributed by atoms with Crippen molar-refractivity contribution in [2.45, 2.75) is 26.5 Å². The largest absolute Gasteiger partial charge is 0.380 e. The first-order valence-corrected chi connectivity index (χ1v) is 9.96. The second-order valence-corrected chi connectivity index (χ2v) is 6.74. The standard InChI is InChI=1S/C23H29N5O.HI/c1-3-24-23(26-17-20-6-4-7-21(16-20)18-29-2)25-14-12-19-8-10-22(11-9-19)28-15-5-13-27-28;/h4-11,13,15-16H,3,12,14,17-18H2,1-2H3,(H2,24,25,26);1H. The number of hydrogen-bond donors (Lipinski definition) is 2. The number of halogens is 1. The smallest absolute Gasteiger partial charge is 0.191 e. The lowest BCUT2D eigenvalue weighted by molar-refractivity contribution is 0.185.